The molecule has 0 amide bonds. The number of nitrogens with zero attached hydrogens (tertiary/aromatic N) is 1. The molecule has 1 aromatic carbocycles. The average molecular weight is 248 g/mol. The molecule has 0 bridgehead atoms. The number of rotatable bonds is 3. The zero-order valence-electron chi connectivity index (χ0n) is 10.8. The van der Waals surface area contributed by atoms with Gasteiger partial charge in [0.25, 0.3) is 0 Å². The minimum atomic E-state index is 0.539. The zero-order chi connectivity index (χ0) is 12.4. The van der Waals surface area contributed by atoms with Crippen LogP contribution in [0.2, 0.25) is 0 Å². The second-order valence-electron chi connectivity index (χ2n) is 5.00. The molecule has 0 saturated carbocycles. The Morgan fingerprint density at radius 3 is 3.17 bits per heavy atom. The maximum atomic E-state index is 5.80. The lowest BCUT2D eigenvalue weighted by Crippen LogP contribution is -2.32. The minimum Gasteiger partial charge on any atom is -0.489 e. The van der Waals surface area contributed by atoms with Gasteiger partial charge in [-0.15, -0.1) is 0 Å². The second-order valence-corrected chi connectivity index (χ2v) is 5.00. The van der Waals surface area contributed by atoms with Crippen LogP contribution in [-0.2, 0) is 11.3 Å². The zero-order valence-corrected chi connectivity index (χ0v) is 10.8. The first kappa shape index (κ1) is 11.8. The third kappa shape index (κ3) is 2.31. The Balaban J connectivity index is 1.75. The van der Waals surface area contributed by atoms with Crippen LogP contribution in [0.3, 0.4) is 0 Å². The average Bonchev–Trinajstić information content (AvgIpc) is 2.93. The second kappa shape index (κ2) is 5.16. The van der Waals surface area contributed by atoms with Crippen molar-refractivity contribution in [3.63, 3.8) is 0 Å². The Hall–Kier alpha value is -1.26. The van der Waals surface area contributed by atoms with E-state index in [4.69, 9.17) is 9.47 Å². The van der Waals surface area contributed by atoms with Crippen molar-refractivity contribution in [2.75, 3.05) is 38.7 Å². The molecule has 0 aliphatic carbocycles. The Labute approximate surface area is 108 Å². The van der Waals surface area contributed by atoms with Crippen LogP contribution in [0.25, 0.3) is 0 Å². The Morgan fingerprint density at radius 1 is 1.39 bits per heavy atom. The molecule has 0 spiro atoms. The Morgan fingerprint density at radius 2 is 2.33 bits per heavy atom. The molecule has 1 atom stereocenters. The lowest BCUT2D eigenvalue weighted by Gasteiger charge is -2.26. The van der Waals surface area contributed by atoms with Gasteiger partial charge in [0.05, 0.1) is 12.3 Å². The summed E-state index contributed by atoms with van der Waals surface area (Å²) in [5.74, 6) is 1.02. The van der Waals surface area contributed by atoms with E-state index >= 15 is 0 Å². The fourth-order valence-electron chi connectivity index (χ4n) is 2.63. The van der Waals surface area contributed by atoms with E-state index in [0.717, 1.165) is 50.8 Å². The van der Waals surface area contributed by atoms with Gasteiger partial charge in [-0.25, -0.2) is 0 Å². The molecule has 1 saturated heterocycles. The number of fused-ring (bicyclic) bond motifs is 1. The van der Waals surface area contributed by atoms with Crippen LogP contribution in [-0.4, -0.2) is 44.4 Å². The number of hydrogen-bond acceptors (Lipinski definition) is 4. The number of anilines is 1. The van der Waals surface area contributed by atoms with Gasteiger partial charge in [-0.2, -0.15) is 0 Å². The van der Waals surface area contributed by atoms with E-state index in [2.05, 4.69) is 35.5 Å². The van der Waals surface area contributed by atoms with Crippen LogP contribution in [0.1, 0.15) is 12.0 Å². The quantitative estimate of drug-likeness (QED) is 0.883. The molecule has 1 aromatic rings. The van der Waals surface area contributed by atoms with Crippen molar-refractivity contribution in [3.05, 3.63) is 23.8 Å². The van der Waals surface area contributed by atoms with E-state index in [1.807, 2.05) is 0 Å². The fraction of sp³-hybridized carbons (Fsp3) is 0.571. The summed E-state index contributed by atoms with van der Waals surface area (Å²) >= 11 is 0. The van der Waals surface area contributed by atoms with Gasteiger partial charge in [-0.1, -0.05) is 12.1 Å². The highest BCUT2D eigenvalue weighted by Crippen LogP contribution is 2.32. The molecule has 1 N–H and O–H groups in total. The maximum Gasteiger partial charge on any atom is 0.146 e. The molecule has 4 heteroatoms. The molecule has 0 aromatic heterocycles. The molecule has 0 radical (unpaired) electrons. The third-order valence-electron chi connectivity index (χ3n) is 3.71. The molecular weight excluding hydrogens is 228 g/mol. The van der Waals surface area contributed by atoms with Gasteiger partial charge in [0.2, 0.25) is 0 Å². The van der Waals surface area contributed by atoms with Crippen molar-refractivity contribution in [1.29, 1.82) is 0 Å². The Bertz CT molecular complexity index is 416. The smallest absolute Gasteiger partial charge is 0.146 e. The standard InChI is InChI=1S/C14H20N2O2/c1-16(12-5-7-17-10-12)9-11-3-2-4-13-14(11)18-8-6-15-13/h2-4,12,15H,5-10H2,1H3. The SMILES string of the molecule is CN(Cc1cccc2c1OCCN2)C1CCOC1. The van der Waals surface area contributed by atoms with Crippen molar-refractivity contribution in [2.45, 2.75) is 19.0 Å². The molecule has 2 aliphatic heterocycles. The molecule has 2 heterocycles. The van der Waals surface area contributed by atoms with Crippen molar-refractivity contribution in [3.8, 4) is 5.75 Å². The van der Waals surface area contributed by atoms with Gasteiger partial charge < -0.3 is 14.8 Å². The Kier molecular flexibility index (Phi) is 3.39. The number of ether oxygens (including phenoxy) is 2. The molecule has 98 valence electrons. The number of benzene rings is 1. The molecular formula is C14H20N2O2. The number of hydrogen-bond donors (Lipinski definition) is 1. The van der Waals surface area contributed by atoms with Crippen LogP contribution >= 0.6 is 0 Å². The van der Waals surface area contributed by atoms with E-state index in [0.29, 0.717) is 6.04 Å². The maximum absolute atomic E-state index is 5.80. The van der Waals surface area contributed by atoms with Crippen LogP contribution in [0, 0.1) is 0 Å². The van der Waals surface area contributed by atoms with Gasteiger partial charge in [0.15, 0.2) is 0 Å². The predicted octanol–water partition coefficient (Wildman–Crippen LogP) is 1.71. The highest BCUT2D eigenvalue weighted by molar-refractivity contribution is 5.61. The topological polar surface area (TPSA) is 33.7 Å². The number of likely N-dealkylation sites (N-methyl/N-ethyl adjacent to an activating group) is 1. The van der Waals surface area contributed by atoms with Crippen molar-refractivity contribution in [1.82, 2.24) is 4.90 Å². The monoisotopic (exact) mass is 248 g/mol. The summed E-state index contributed by atoms with van der Waals surface area (Å²) in [5.41, 5.74) is 2.38. The van der Waals surface area contributed by atoms with Crippen molar-refractivity contribution >= 4 is 5.69 Å². The summed E-state index contributed by atoms with van der Waals surface area (Å²) < 4.78 is 11.2. The number of para-hydroxylation sites is 1. The highest BCUT2D eigenvalue weighted by Gasteiger charge is 2.22. The largest absolute Gasteiger partial charge is 0.489 e. The van der Waals surface area contributed by atoms with E-state index < -0.39 is 0 Å². The van der Waals surface area contributed by atoms with Crippen LogP contribution in [0.5, 0.6) is 5.75 Å². The van der Waals surface area contributed by atoms with E-state index in [1.165, 1.54) is 5.56 Å². The van der Waals surface area contributed by atoms with Crippen molar-refractivity contribution < 1.29 is 9.47 Å². The summed E-state index contributed by atoms with van der Waals surface area (Å²) in [4.78, 5) is 2.36. The van der Waals surface area contributed by atoms with Crippen molar-refractivity contribution in [2.24, 2.45) is 0 Å². The van der Waals surface area contributed by atoms with Crippen LogP contribution < -0.4 is 10.1 Å². The van der Waals surface area contributed by atoms with E-state index in [-0.39, 0.29) is 0 Å². The number of nitrogens with one attached hydrogen (secondary N) is 1. The molecule has 18 heavy (non-hydrogen) atoms. The lowest BCUT2D eigenvalue weighted by atomic mass is 10.1. The van der Waals surface area contributed by atoms with E-state index in [9.17, 15) is 0 Å². The van der Waals surface area contributed by atoms with Gasteiger partial charge in [-0.05, 0) is 19.5 Å². The van der Waals surface area contributed by atoms with E-state index in [1.54, 1.807) is 0 Å². The molecule has 2 aliphatic rings. The lowest BCUT2D eigenvalue weighted by molar-refractivity contribution is 0.155. The summed E-state index contributed by atoms with van der Waals surface area (Å²) in [6.07, 6.45) is 1.13. The van der Waals surface area contributed by atoms with Gasteiger partial charge in [-0.3, -0.25) is 4.90 Å². The first-order valence-corrected chi connectivity index (χ1v) is 6.61. The summed E-state index contributed by atoms with van der Waals surface area (Å²) in [7, 11) is 2.16. The first-order chi connectivity index (χ1) is 8.84. The summed E-state index contributed by atoms with van der Waals surface area (Å²) in [6.45, 7) is 4.30. The highest BCUT2D eigenvalue weighted by atomic mass is 16.5. The van der Waals surface area contributed by atoms with Gasteiger partial charge in [0, 0.05) is 31.3 Å². The minimum absolute atomic E-state index is 0.539. The molecule has 3 rings (SSSR count). The molecule has 1 fully saturated rings. The summed E-state index contributed by atoms with van der Waals surface area (Å²) in [5, 5.41) is 3.38. The first-order valence-electron chi connectivity index (χ1n) is 6.61. The van der Waals surface area contributed by atoms with Gasteiger partial charge in [0.1, 0.15) is 12.4 Å². The van der Waals surface area contributed by atoms with Crippen LogP contribution in [0.15, 0.2) is 18.2 Å². The third-order valence-corrected chi connectivity index (χ3v) is 3.71. The normalized spacial score (nSPS) is 22.4. The molecule has 1 unspecified atom stereocenters. The van der Waals surface area contributed by atoms with Gasteiger partial charge >= 0.3 is 0 Å². The van der Waals surface area contributed by atoms with Crippen LogP contribution in [0.4, 0.5) is 5.69 Å². The molecule has 4 nitrogen and oxygen atoms in total. The summed E-state index contributed by atoms with van der Waals surface area (Å²) in [6, 6.07) is 6.86. The predicted molar refractivity (Wildman–Crippen MR) is 71.1 cm³/mol. The fourth-order valence-corrected chi connectivity index (χ4v) is 2.63.